The molecule has 1 aromatic heterocycles. The molecule has 0 atom stereocenters. The summed E-state index contributed by atoms with van der Waals surface area (Å²) in [6.07, 6.45) is 0. The van der Waals surface area contributed by atoms with E-state index in [2.05, 4.69) is 9.97 Å². The van der Waals surface area contributed by atoms with Gasteiger partial charge in [-0.1, -0.05) is 0 Å². The van der Waals surface area contributed by atoms with Gasteiger partial charge in [0.15, 0.2) is 11.5 Å². The minimum absolute atomic E-state index is 0.0693. The van der Waals surface area contributed by atoms with Crippen molar-refractivity contribution >= 4 is 34.3 Å². The fourth-order valence-electron chi connectivity index (χ4n) is 2.23. The number of nitrogens with zero attached hydrogens (tertiary/aromatic N) is 2. The minimum Gasteiger partial charge on any atom is -0.493 e. The molecule has 0 fully saturated rings. The van der Waals surface area contributed by atoms with Gasteiger partial charge in [-0.3, -0.25) is 0 Å². The second-order valence-corrected chi connectivity index (χ2v) is 5.00. The first-order chi connectivity index (χ1) is 11.5. The molecular weight excluding hydrogens is 310 g/mol. The van der Waals surface area contributed by atoms with Crippen molar-refractivity contribution < 1.29 is 14.3 Å². The molecule has 3 rings (SSSR count). The molecular formula is C16H15N5O3. The lowest BCUT2D eigenvalue weighted by atomic mass is 10.1. The van der Waals surface area contributed by atoms with Gasteiger partial charge in [-0.15, -0.1) is 0 Å². The predicted octanol–water partition coefficient (Wildman–Crippen LogP) is 1.60. The average Bonchev–Trinajstić information content (AvgIpc) is 2.54. The Balaban J connectivity index is 1.96. The quantitative estimate of drug-likeness (QED) is 0.375. The van der Waals surface area contributed by atoms with E-state index in [1.807, 2.05) is 0 Å². The topological polar surface area (TPSA) is 139 Å². The van der Waals surface area contributed by atoms with E-state index in [9.17, 15) is 4.79 Å². The van der Waals surface area contributed by atoms with E-state index in [0.717, 1.165) is 0 Å². The molecule has 24 heavy (non-hydrogen) atoms. The van der Waals surface area contributed by atoms with E-state index >= 15 is 0 Å². The van der Waals surface area contributed by atoms with Crippen molar-refractivity contribution in [1.29, 1.82) is 0 Å². The molecule has 122 valence electrons. The van der Waals surface area contributed by atoms with Crippen LogP contribution in [0.4, 0.5) is 17.5 Å². The van der Waals surface area contributed by atoms with Gasteiger partial charge < -0.3 is 26.7 Å². The molecule has 0 saturated heterocycles. The maximum absolute atomic E-state index is 12.4. The summed E-state index contributed by atoms with van der Waals surface area (Å²) in [5, 5.41) is 0.512. The molecule has 0 radical (unpaired) electrons. The number of esters is 1. The summed E-state index contributed by atoms with van der Waals surface area (Å²) in [5.74, 6) is 0.295. The van der Waals surface area contributed by atoms with Crippen LogP contribution in [0.2, 0.25) is 0 Å². The number of benzene rings is 2. The van der Waals surface area contributed by atoms with Crippen molar-refractivity contribution in [1.82, 2.24) is 9.97 Å². The van der Waals surface area contributed by atoms with E-state index < -0.39 is 5.97 Å². The van der Waals surface area contributed by atoms with Gasteiger partial charge in [0.2, 0.25) is 5.95 Å². The molecule has 2 aromatic carbocycles. The fourth-order valence-corrected chi connectivity index (χ4v) is 2.23. The monoisotopic (exact) mass is 325 g/mol. The van der Waals surface area contributed by atoms with Crippen molar-refractivity contribution in [2.24, 2.45) is 0 Å². The third-order valence-corrected chi connectivity index (χ3v) is 3.37. The maximum atomic E-state index is 12.4. The summed E-state index contributed by atoms with van der Waals surface area (Å²) in [7, 11) is 1.47. The van der Waals surface area contributed by atoms with Crippen LogP contribution in [-0.4, -0.2) is 23.0 Å². The highest BCUT2D eigenvalue weighted by molar-refractivity contribution is 5.98. The highest BCUT2D eigenvalue weighted by Gasteiger charge is 2.14. The number of methoxy groups -OCH3 is 1. The van der Waals surface area contributed by atoms with Gasteiger partial charge in [0.05, 0.1) is 18.2 Å². The fraction of sp³-hybridized carbons (Fsp3) is 0.0625. The summed E-state index contributed by atoms with van der Waals surface area (Å²) in [6, 6.07) is 9.51. The van der Waals surface area contributed by atoms with Crippen molar-refractivity contribution in [3.63, 3.8) is 0 Å². The van der Waals surface area contributed by atoms with Crippen molar-refractivity contribution in [3.8, 4) is 11.5 Å². The SMILES string of the molecule is COc1ccc(N)cc1OC(=O)c1ccc2nc(N)nc(N)c2c1. The molecule has 3 aromatic rings. The van der Waals surface area contributed by atoms with Gasteiger partial charge in [-0.2, -0.15) is 4.98 Å². The average molecular weight is 325 g/mol. The third kappa shape index (κ3) is 2.84. The van der Waals surface area contributed by atoms with Crippen LogP contribution in [-0.2, 0) is 0 Å². The Hall–Kier alpha value is -3.55. The molecule has 0 aliphatic carbocycles. The van der Waals surface area contributed by atoms with Gasteiger partial charge in [0.1, 0.15) is 5.82 Å². The zero-order chi connectivity index (χ0) is 17.3. The number of fused-ring (bicyclic) bond motifs is 1. The van der Waals surface area contributed by atoms with Crippen LogP contribution >= 0.6 is 0 Å². The lowest BCUT2D eigenvalue weighted by molar-refractivity contribution is 0.0730. The Labute approximate surface area is 137 Å². The smallest absolute Gasteiger partial charge is 0.343 e. The van der Waals surface area contributed by atoms with E-state index in [1.165, 1.54) is 13.2 Å². The molecule has 0 amide bonds. The van der Waals surface area contributed by atoms with E-state index in [-0.39, 0.29) is 23.1 Å². The number of carbonyl (C=O) groups excluding carboxylic acids is 1. The van der Waals surface area contributed by atoms with Crippen LogP contribution in [0.5, 0.6) is 11.5 Å². The van der Waals surface area contributed by atoms with Crippen LogP contribution in [0.3, 0.4) is 0 Å². The number of anilines is 3. The number of hydrogen-bond donors (Lipinski definition) is 3. The summed E-state index contributed by atoms with van der Waals surface area (Å²) in [6.45, 7) is 0. The number of hydrogen-bond acceptors (Lipinski definition) is 8. The first-order valence-corrected chi connectivity index (χ1v) is 6.96. The largest absolute Gasteiger partial charge is 0.493 e. The Morgan fingerprint density at radius 1 is 1.00 bits per heavy atom. The molecule has 6 N–H and O–H groups in total. The second kappa shape index (κ2) is 5.92. The zero-order valence-corrected chi connectivity index (χ0v) is 12.8. The van der Waals surface area contributed by atoms with Gasteiger partial charge in [0.25, 0.3) is 0 Å². The van der Waals surface area contributed by atoms with Crippen molar-refractivity contribution in [2.45, 2.75) is 0 Å². The Morgan fingerprint density at radius 2 is 1.79 bits per heavy atom. The summed E-state index contributed by atoms with van der Waals surface area (Å²) in [5.41, 5.74) is 18.4. The van der Waals surface area contributed by atoms with E-state index in [0.29, 0.717) is 22.3 Å². The third-order valence-electron chi connectivity index (χ3n) is 3.37. The van der Waals surface area contributed by atoms with Crippen LogP contribution < -0.4 is 26.7 Å². The normalized spacial score (nSPS) is 10.5. The van der Waals surface area contributed by atoms with Crippen LogP contribution in [0.15, 0.2) is 36.4 Å². The van der Waals surface area contributed by atoms with Gasteiger partial charge >= 0.3 is 5.97 Å². The van der Waals surface area contributed by atoms with Gasteiger partial charge in [0, 0.05) is 17.1 Å². The first-order valence-electron chi connectivity index (χ1n) is 6.96. The summed E-state index contributed by atoms with van der Waals surface area (Å²) in [4.78, 5) is 20.3. The number of carbonyl (C=O) groups is 1. The highest BCUT2D eigenvalue weighted by atomic mass is 16.6. The highest BCUT2D eigenvalue weighted by Crippen LogP contribution is 2.30. The summed E-state index contributed by atoms with van der Waals surface area (Å²) >= 11 is 0. The van der Waals surface area contributed by atoms with E-state index in [1.54, 1.807) is 30.3 Å². The molecule has 0 unspecified atom stereocenters. The molecule has 0 aliphatic rings. The maximum Gasteiger partial charge on any atom is 0.343 e. The minimum atomic E-state index is -0.586. The number of aromatic nitrogens is 2. The number of nitrogen functional groups attached to an aromatic ring is 3. The molecule has 0 saturated carbocycles. The molecule has 0 aliphatic heterocycles. The molecule has 8 heteroatoms. The van der Waals surface area contributed by atoms with Crippen LogP contribution in [0.1, 0.15) is 10.4 Å². The lowest BCUT2D eigenvalue weighted by Crippen LogP contribution is -2.10. The Kier molecular flexibility index (Phi) is 3.78. The Morgan fingerprint density at radius 3 is 2.54 bits per heavy atom. The van der Waals surface area contributed by atoms with Crippen LogP contribution in [0.25, 0.3) is 10.9 Å². The van der Waals surface area contributed by atoms with Crippen LogP contribution in [0, 0.1) is 0 Å². The predicted molar refractivity (Wildman–Crippen MR) is 90.7 cm³/mol. The molecule has 1 heterocycles. The first kappa shape index (κ1) is 15.3. The van der Waals surface area contributed by atoms with Crippen molar-refractivity contribution in [3.05, 3.63) is 42.0 Å². The standard InChI is InChI=1S/C16H15N5O3/c1-23-12-5-3-9(17)7-13(12)24-15(22)8-2-4-11-10(6-8)14(18)21-16(19)20-11/h2-7H,17H2,1H3,(H4,18,19,20,21). The van der Waals surface area contributed by atoms with Gasteiger partial charge in [-0.25, -0.2) is 9.78 Å². The lowest BCUT2D eigenvalue weighted by Gasteiger charge is -2.10. The molecule has 8 nitrogen and oxygen atoms in total. The second-order valence-electron chi connectivity index (χ2n) is 5.00. The number of rotatable bonds is 3. The van der Waals surface area contributed by atoms with Gasteiger partial charge in [-0.05, 0) is 30.3 Å². The Bertz CT molecular complexity index is 942. The number of ether oxygens (including phenoxy) is 2. The molecule has 0 bridgehead atoms. The summed E-state index contributed by atoms with van der Waals surface area (Å²) < 4.78 is 10.5. The van der Waals surface area contributed by atoms with Crippen molar-refractivity contribution in [2.75, 3.05) is 24.3 Å². The zero-order valence-electron chi connectivity index (χ0n) is 12.8. The molecule has 0 spiro atoms. The number of nitrogens with two attached hydrogens (primary N) is 3. The van der Waals surface area contributed by atoms with E-state index in [4.69, 9.17) is 26.7 Å².